The zero-order valence-corrected chi connectivity index (χ0v) is 11.2. The summed E-state index contributed by atoms with van der Waals surface area (Å²) in [5.41, 5.74) is 1.13. The SMILES string of the molecule is CCCC(CCO)CNCc1cnn(CCO)c1. The molecular formula is C13H25N3O2. The van der Waals surface area contributed by atoms with Gasteiger partial charge in [-0.25, -0.2) is 0 Å². The molecule has 0 aliphatic heterocycles. The van der Waals surface area contributed by atoms with Crippen molar-refractivity contribution in [3.63, 3.8) is 0 Å². The third-order valence-electron chi connectivity index (χ3n) is 3.01. The summed E-state index contributed by atoms with van der Waals surface area (Å²) in [7, 11) is 0. The molecule has 0 aliphatic rings. The van der Waals surface area contributed by atoms with Gasteiger partial charge < -0.3 is 15.5 Å². The molecule has 1 aromatic rings. The van der Waals surface area contributed by atoms with Gasteiger partial charge in [0.15, 0.2) is 0 Å². The average Bonchev–Trinajstić information content (AvgIpc) is 2.78. The van der Waals surface area contributed by atoms with E-state index in [1.165, 1.54) is 0 Å². The second-order valence-electron chi connectivity index (χ2n) is 4.63. The maximum atomic E-state index is 8.98. The Morgan fingerprint density at radius 2 is 2.17 bits per heavy atom. The van der Waals surface area contributed by atoms with Crippen LogP contribution in [0.3, 0.4) is 0 Å². The molecule has 3 N–H and O–H groups in total. The highest BCUT2D eigenvalue weighted by molar-refractivity contribution is 5.03. The number of nitrogens with zero attached hydrogens (tertiary/aromatic N) is 2. The summed E-state index contributed by atoms with van der Waals surface area (Å²) >= 11 is 0. The first-order chi connectivity index (χ1) is 8.80. The second-order valence-corrected chi connectivity index (χ2v) is 4.63. The lowest BCUT2D eigenvalue weighted by molar-refractivity contribution is 0.248. The topological polar surface area (TPSA) is 70.3 Å². The molecule has 0 saturated carbocycles. The zero-order valence-electron chi connectivity index (χ0n) is 11.2. The molecule has 1 rings (SSSR count). The maximum Gasteiger partial charge on any atom is 0.0640 e. The van der Waals surface area contributed by atoms with E-state index in [4.69, 9.17) is 10.2 Å². The Morgan fingerprint density at radius 1 is 1.33 bits per heavy atom. The monoisotopic (exact) mass is 255 g/mol. The van der Waals surface area contributed by atoms with Gasteiger partial charge >= 0.3 is 0 Å². The first kappa shape index (κ1) is 15.1. The van der Waals surface area contributed by atoms with Gasteiger partial charge in [0.2, 0.25) is 0 Å². The van der Waals surface area contributed by atoms with Gasteiger partial charge in [0.05, 0.1) is 19.3 Å². The highest BCUT2D eigenvalue weighted by Gasteiger charge is 2.06. The van der Waals surface area contributed by atoms with Crippen LogP contribution in [0.2, 0.25) is 0 Å². The van der Waals surface area contributed by atoms with E-state index in [-0.39, 0.29) is 13.2 Å². The van der Waals surface area contributed by atoms with Crippen molar-refractivity contribution in [2.75, 3.05) is 19.8 Å². The van der Waals surface area contributed by atoms with Crippen LogP contribution in [0.1, 0.15) is 31.7 Å². The molecule has 1 heterocycles. The molecular weight excluding hydrogens is 230 g/mol. The molecule has 1 atom stereocenters. The van der Waals surface area contributed by atoms with Crippen molar-refractivity contribution in [2.45, 2.75) is 39.3 Å². The fourth-order valence-electron chi connectivity index (χ4n) is 2.08. The Kier molecular flexibility index (Phi) is 7.64. The van der Waals surface area contributed by atoms with E-state index in [1.807, 2.05) is 12.4 Å². The van der Waals surface area contributed by atoms with Crippen molar-refractivity contribution in [3.05, 3.63) is 18.0 Å². The second kappa shape index (κ2) is 9.08. The average molecular weight is 255 g/mol. The van der Waals surface area contributed by atoms with Gasteiger partial charge in [0.1, 0.15) is 0 Å². The fourth-order valence-corrected chi connectivity index (χ4v) is 2.08. The van der Waals surface area contributed by atoms with Crippen molar-refractivity contribution in [2.24, 2.45) is 5.92 Å². The summed E-state index contributed by atoms with van der Waals surface area (Å²) < 4.78 is 1.74. The predicted molar refractivity (Wildman–Crippen MR) is 71.1 cm³/mol. The van der Waals surface area contributed by atoms with E-state index in [1.54, 1.807) is 4.68 Å². The van der Waals surface area contributed by atoms with Crippen molar-refractivity contribution in [1.29, 1.82) is 0 Å². The van der Waals surface area contributed by atoms with Crippen LogP contribution in [0.5, 0.6) is 0 Å². The van der Waals surface area contributed by atoms with Gasteiger partial charge in [-0.05, 0) is 25.3 Å². The number of aliphatic hydroxyl groups is 2. The molecule has 1 unspecified atom stereocenters. The highest BCUT2D eigenvalue weighted by Crippen LogP contribution is 2.09. The molecule has 0 aliphatic carbocycles. The zero-order chi connectivity index (χ0) is 13.2. The molecule has 0 radical (unpaired) electrons. The molecule has 1 aromatic heterocycles. The van der Waals surface area contributed by atoms with Crippen LogP contribution < -0.4 is 5.32 Å². The Bertz CT molecular complexity index is 309. The largest absolute Gasteiger partial charge is 0.396 e. The summed E-state index contributed by atoms with van der Waals surface area (Å²) in [5.74, 6) is 0.549. The number of aromatic nitrogens is 2. The number of rotatable bonds is 10. The highest BCUT2D eigenvalue weighted by atomic mass is 16.3. The van der Waals surface area contributed by atoms with Crippen molar-refractivity contribution < 1.29 is 10.2 Å². The predicted octanol–water partition coefficient (Wildman–Crippen LogP) is 0.764. The van der Waals surface area contributed by atoms with E-state index in [9.17, 15) is 0 Å². The molecule has 0 saturated heterocycles. The molecule has 5 heteroatoms. The van der Waals surface area contributed by atoms with Gasteiger partial charge in [-0.15, -0.1) is 0 Å². The van der Waals surface area contributed by atoms with E-state index in [0.717, 1.165) is 37.9 Å². The van der Waals surface area contributed by atoms with Crippen LogP contribution in [-0.4, -0.2) is 39.8 Å². The summed E-state index contributed by atoms with van der Waals surface area (Å²) in [6.07, 6.45) is 6.94. The minimum absolute atomic E-state index is 0.115. The summed E-state index contributed by atoms with van der Waals surface area (Å²) in [6.45, 7) is 4.81. The Hall–Kier alpha value is -0.910. The Balaban J connectivity index is 2.25. The van der Waals surface area contributed by atoms with E-state index in [0.29, 0.717) is 12.5 Å². The molecule has 18 heavy (non-hydrogen) atoms. The maximum absolute atomic E-state index is 8.98. The van der Waals surface area contributed by atoms with Crippen LogP contribution in [0.25, 0.3) is 0 Å². The molecule has 5 nitrogen and oxygen atoms in total. The van der Waals surface area contributed by atoms with E-state index < -0.39 is 0 Å². The molecule has 0 fully saturated rings. The number of nitrogens with one attached hydrogen (secondary N) is 1. The van der Waals surface area contributed by atoms with E-state index >= 15 is 0 Å². The lowest BCUT2D eigenvalue weighted by Crippen LogP contribution is -2.23. The molecule has 0 amide bonds. The van der Waals surface area contributed by atoms with Gasteiger partial charge in [-0.3, -0.25) is 4.68 Å². The standard InChI is InChI=1S/C13H25N3O2/c1-2-3-12(4-6-17)8-14-9-13-10-15-16(11-13)5-7-18/h10-12,14,17-18H,2-9H2,1H3. The van der Waals surface area contributed by atoms with E-state index in [2.05, 4.69) is 17.3 Å². The first-order valence-electron chi connectivity index (χ1n) is 6.73. The molecule has 0 aromatic carbocycles. The Morgan fingerprint density at radius 3 is 2.83 bits per heavy atom. The summed E-state index contributed by atoms with van der Waals surface area (Å²) in [5, 5.41) is 25.3. The number of aliphatic hydroxyl groups excluding tert-OH is 2. The van der Waals surface area contributed by atoms with Crippen LogP contribution in [0.4, 0.5) is 0 Å². The van der Waals surface area contributed by atoms with Crippen molar-refractivity contribution in [3.8, 4) is 0 Å². The summed E-state index contributed by atoms with van der Waals surface area (Å²) in [4.78, 5) is 0. The quantitative estimate of drug-likeness (QED) is 0.577. The molecule has 0 spiro atoms. The van der Waals surface area contributed by atoms with Crippen LogP contribution in [0, 0.1) is 5.92 Å². The van der Waals surface area contributed by atoms with Crippen molar-refractivity contribution in [1.82, 2.24) is 15.1 Å². The third-order valence-corrected chi connectivity index (χ3v) is 3.01. The van der Waals surface area contributed by atoms with Crippen LogP contribution in [0.15, 0.2) is 12.4 Å². The third kappa shape index (κ3) is 5.62. The molecule has 0 bridgehead atoms. The number of hydrogen-bond donors (Lipinski definition) is 3. The van der Waals surface area contributed by atoms with Gasteiger partial charge in [-0.1, -0.05) is 13.3 Å². The van der Waals surface area contributed by atoms with Gasteiger partial charge in [0.25, 0.3) is 0 Å². The Labute approximate surface area is 109 Å². The lowest BCUT2D eigenvalue weighted by Gasteiger charge is -2.15. The summed E-state index contributed by atoms with van der Waals surface area (Å²) in [6, 6.07) is 0. The first-order valence-corrected chi connectivity index (χ1v) is 6.73. The van der Waals surface area contributed by atoms with Gasteiger partial charge in [0, 0.05) is 24.9 Å². The van der Waals surface area contributed by atoms with Crippen molar-refractivity contribution >= 4 is 0 Å². The minimum Gasteiger partial charge on any atom is -0.396 e. The number of hydrogen-bond acceptors (Lipinski definition) is 4. The van der Waals surface area contributed by atoms with Crippen LogP contribution >= 0.6 is 0 Å². The minimum atomic E-state index is 0.115. The van der Waals surface area contributed by atoms with Crippen LogP contribution in [-0.2, 0) is 13.1 Å². The smallest absolute Gasteiger partial charge is 0.0640 e. The normalized spacial score (nSPS) is 12.8. The fraction of sp³-hybridized carbons (Fsp3) is 0.769. The molecule has 104 valence electrons. The lowest BCUT2D eigenvalue weighted by atomic mass is 10.0. The van der Waals surface area contributed by atoms with Gasteiger partial charge in [-0.2, -0.15) is 5.10 Å².